The quantitative estimate of drug-likeness (QED) is 0.865. The standard InChI is InChI=1S/C16H18O2/c1-16(18,14-10-6-3-7-11-14)12-15(17)13-8-4-2-5-9-13/h2-11,15,17-18H,12H2,1H3/t15-,16-/m1/s1. The normalized spacial score (nSPS) is 15.9. The minimum Gasteiger partial charge on any atom is -0.388 e. The number of benzene rings is 2. The second kappa shape index (κ2) is 5.34. The molecular weight excluding hydrogens is 224 g/mol. The van der Waals surface area contributed by atoms with Crippen LogP contribution in [0.5, 0.6) is 0 Å². The van der Waals surface area contributed by atoms with Gasteiger partial charge in [0.05, 0.1) is 11.7 Å². The van der Waals surface area contributed by atoms with Crippen LogP contribution in [0.3, 0.4) is 0 Å². The van der Waals surface area contributed by atoms with Crippen LogP contribution >= 0.6 is 0 Å². The summed E-state index contributed by atoms with van der Waals surface area (Å²) in [5.74, 6) is 0. The summed E-state index contributed by atoms with van der Waals surface area (Å²) in [6, 6.07) is 18.8. The lowest BCUT2D eigenvalue weighted by atomic mass is 9.88. The zero-order valence-corrected chi connectivity index (χ0v) is 10.5. The van der Waals surface area contributed by atoms with Crippen molar-refractivity contribution in [2.24, 2.45) is 0 Å². The maximum absolute atomic E-state index is 10.5. The Hall–Kier alpha value is -1.64. The van der Waals surface area contributed by atoms with E-state index in [-0.39, 0.29) is 6.42 Å². The Morgan fingerprint density at radius 1 is 0.944 bits per heavy atom. The van der Waals surface area contributed by atoms with E-state index >= 15 is 0 Å². The van der Waals surface area contributed by atoms with Crippen molar-refractivity contribution in [2.45, 2.75) is 25.0 Å². The van der Waals surface area contributed by atoms with E-state index in [0.29, 0.717) is 0 Å². The SMILES string of the molecule is C[C@@](O)(C[C@@H](O)c1ccccc1)c1ccccc1. The maximum Gasteiger partial charge on any atom is 0.0896 e. The van der Waals surface area contributed by atoms with Crippen LogP contribution in [-0.2, 0) is 5.60 Å². The molecule has 0 saturated heterocycles. The molecule has 94 valence electrons. The van der Waals surface area contributed by atoms with Crippen molar-refractivity contribution in [1.29, 1.82) is 0 Å². The molecule has 0 aromatic heterocycles. The number of aliphatic hydroxyl groups is 2. The molecule has 2 nitrogen and oxygen atoms in total. The lowest BCUT2D eigenvalue weighted by molar-refractivity contribution is -0.000760. The van der Waals surface area contributed by atoms with Gasteiger partial charge in [0.15, 0.2) is 0 Å². The van der Waals surface area contributed by atoms with Crippen molar-refractivity contribution in [3.8, 4) is 0 Å². The number of rotatable bonds is 4. The first-order chi connectivity index (χ1) is 8.59. The monoisotopic (exact) mass is 242 g/mol. The lowest BCUT2D eigenvalue weighted by Gasteiger charge is -2.26. The smallest absolute Gasteiger partial charge is 0.0896 e. The molecule has 0 aliphatic carbocycles. The van der Waals surface area contributed by atoms with Crippen molar-refractivity contribution in [2.75, 3.05) is 0 Å². The van der Waals surface area contributed by atoms with Gasteiger partial charge in [-0.15, -0.1) is 0 Å². The van der Waals surface area contributed by atoms with Crippen molar-refractivity contribution in [1.82, 2.24) is 0 Å². The van der Waals surface area contributed by atoms with E-state index in [9.17, 15) is 10.2 Å². The second-order valence-electron chi connectivity index (χ2n) is 4.77. The van der Waals surface area contributed by atoms with E-state index in [1.807, 2.05) is 60.7 Å². The summed E-state index contributed by atoms with van der Waals surface area (Å²) in [6.45, 7) is 1.73. The summed E-state index contributed by atoms with van der Waals surface area (Å²) < 4.78 is 0. The van der Waals surface area contributed by atoms with Crippen LogP contribution in [0.4, 0.5) is 0 Å². The van der Waals surface area contributed by atoms with E-state index in [2.05, 4.69) is 0 Å². The molecule has 18 heavy (non-hydrogen) atoms. The third kappa shape index (κ3) is 2.97. The van der Waals surface area contributed by atoms with Crippen molar-refractivity contribution in [3.63, 3.8) is 0 Å². The zero-order chi connectivity index (χ0) is 13.0. The van der Waals surface area contributed by atoms with Crippen LogP contribution in [0.25, 0.3) is 0 Å². The fourth-order valence-corrected chi connectivity index (χ4v) is 2.08. The molecule has 0 spiro atoms. The molecule has 0 aliphatic heterocycles. The Balaban J connectivity index is 2.14. The minimum absolute atomic E-state index is 0.279. The van der Waals surface area contributed by atoms with E-state index in [1.165, 1.54) is 0 Å². The molecule has 2 heteroatoms. The van der Waals surface area contributed by atoms with Gasteiger partial charge in [-0.25, -0.2) is 0 Å². The molecule has 0 amide bonds. The Bertz CT molecular complexity index is 477. The molecule has 0 saturated carbocycles. The molecule has 0 heterocycles. The van der Waals surface area contributed by atoms with Crippen LogP contribution in [-0.4, -0.2) is 10.2 Å². The number of hydrogen-bond acceptors (Lipinski definition) is 2. The third-order valence-electron chi connectivity index (χ3n) is 3.17. The predicted molar refractivity (Wildman–Crippen MR) is 72.0 cm³/mol. The lowest BCUT2D eigenvalue weighted by Crippen LogP contribution is -2.24. The summed E-state index contributed by atoms with van der Waals surface area (Å²) in [5, 5.41) is 20.6. The minimum atomic E-state index is -1.03. The highest BCUT2D eigenvalue weighted by Gasteiger charge is 2.26. The maximum atomic E-state index is 10.5. The molecule has 0 fully saturated rings. The van der Waals surface area contributed by atoms with Gasteiger partial charge in [-0.2, -0.15) is 0 Å². The van der Waals surface area contributed by atoms with Gasteiger partial charge in [0.25, 0.3) is 0 Å². The molecule has 2 aromatic carbocycles. The van der Waals surface area contributed by atoms with Crippen LogP contribution in [0, 0.1) is 0 Å². The predicted octanol–water partition coefficient (Wildman–Crippen LogP) is 3.02. The van der Waals surface area contributed by atoms with E-state index in [1.54, 1.807) is 6.92 Å². The topological polar surface area (TPSA) is 40.5 Å². The van der Waals surface area contributed by atoms with Gasteiger partial charge in [0, 0.05) is 6.42 Å². The van der Waals surface area contributed by atoms with E-state index < -0.39 is 11.7 Å². The molecule has 2 atom stereocenters. The summed E-state index contributed by atoms with van der Waals surface area (Å²) >= 11 is 0. The van der Waals surface area contributed by atoms with E-state index in [0.717, 1.165) is 11.1 Å². The number of hydrogen-bond donors (Lipinski definition) is 2. The van der Waals surface area contributed by atoms with Gasteiger partial charge < -0.3 is 10.2 Å². The Kier molecular flexibility index (Phi) is 3.80. The summed E-state index contributed by atoms with van der Waals surface area (Å²) in [7, 11) is 0. The molecule has 2 aromatic rings. The Labute approximate surface area is 108 Å². The summed E-state index contributed by atoms with van der Waals surface area (Å²) in [4.78, 5) is 0. The van der Waals surface area contributed by atoms with Crippen LogP contribution in [0.15, 0.2) is 60.7 Å². The fourth-order valence-electron chi connectivity index (χ4n) is 2.08. The molecule has 0 unspecified atom stereocenters. The summed E-state index contributed by atoms with van der Waals surface area (Å²) in [6.07, 6.45) is -0.387. The van der Waals surface area contributed by atoms with Crippen molar-refractivity contribution >= 4 is 0 Å². The van der Waals surface area contributed by atoms with Gasteiger partial charge in [-0.05, 0) is 18.1 Å². The average molecular weight is 242 g/mol. The Morgan fingerprint density at radius 2 is 1.44 bits per heavy atom. The van der Waals surface area contributed by atoms with Crippen LogP contribution in [0.2, 0.25) is 0 Å². The summed E-state index contributed by atoms with van der Waals surface area (Å²) in [5.41, 5.74) is 0.616. The molecule has 2 rings (SSSR count). The van der Waals surface area contributed by atoms with Gasteiger partial charge in [0.2, 0.25) is 0 Å². The number of aliphatic hydroxyl groups excluding tert-OH is 1. The van der Waals surface area contributed by atoms with E-state index in [4.69, 9.17) is 0 Å². The molecular formula is C16H18O2. The zero-order valence-electron chi connectivity index (χ0n) is 10.5. The molecule has 0 aliphatic rings. The largest absolute Gasteiger partial charge is 0.388 e. The second-order valence-corrected chi connectivity index (χ2v) is 4.77. The molecule has 0 bridgehead atoms. The van der Waals surface area contributed by atoms with Gasteiger partial charge in [-0.1, -0.05) is 60.7 Å². The molecule has 2 N–H and O–H groups in total. The highest BCUT2D eigenvalue weighted by atomic mass is 16.3. The van der Waals surface area contributed by atoms with Crippen LogP contribution < -0.4 is 0 Å². The van der Waals surface area contributed by atoms with Crippen molar-refractivity contribution < 1.29 is 10.2 Å². The first-order valence-electron chi connectivity index (χ1n) is 6.10. The fraction of sp³-hybridized carbons (Fsp3) is 0.250. The average Bonchev–Trinajstić information content (AvgIpc) is 2.40. The van der Waals surface area contributed by atoms with Gasteiger partial charge in [0.1, 0.15) is 0 Å². The van der Waals surface area contributed by atoms with Gasteiger partial charge >= 0.3 is 0 Å². The molecule has 0 radical (unpaired) electrons. The first-order valence-corrected chi connectivity index (χ1v) is 6.10. The van der Waals surface area contributed by atoms with Crippen LogP contribution in [0.1, 0.15) is 30.6 Å². The highest BCUT2D eigenvalue weighted by Crippen LogP contribution is 2.31. The Morgan fingerprint density at radius 3 is 2.00 bits per heavy atom. The third-order valence-corrected chi connectivity index (χ3v) is 3.17. The first kappa shape index (κ1) is 12.8. The van der Waals surface area contributed by atoms with Gasteiger partial charge in [-0.3, -0.25) is 0 Å². The van der Waals surface area contributed by atoms with Crippen molar-refractivity contribution in [3.05, 3.63) is 71.8 Å². The highest BCUT2D eigenvalue weighted by molar-refractivity contribution is 5.23.